The lowest BCUT2D eigenvalue weighted by atomic mass is 10.0. The lowest BCUT2D eigenvalue weighted by molar-refractivity contribution is -0.141. The molecule has 168 valence electrons. The number of halogens is 3. The van der Waals surface area contributed by atoms with Gasteiger partial charge >= 0.3 is 12.1 Å². The van der Waals surface area contributed by atoms with Crippen molar-refractivity contribution in [2.24, 2.45) is 0 Å². The molecule has 0 radical (unpaired) electrons. The molecular weight excluding hydrogens is 421 g/mol. The van der Waals surface area contributed by atoms with E-state index < -0.39 is 11.7 Å². The SMILES string of the molecule is CCOC(=O)CN(C)c1ccc(Oc2ccc(Cc3ccc(C(F)(F)F)cc3)cn2)cc1. The molecule has 3 rings (SSSR count). The van der Waals surface area contributed by atoms with Gasteiger partial charge in [0.25, 0.3) is 0 Å². The molecule has 1 heterocycles. The summed E-state index contributed by atoms with van der Waals surface area (Å²) in [5.41, 5.74) is 1.79. The average Bonchev–Trinajstić information content (AvgIpc) is 2.75. The normalized spacial score (nSPS) is 11.2. The largest absolute Gasteiger partial charge is 0.465 e. The van der Waals surface area contributed by atoms with Gasteiger partial charge in [0, 0.05) is 25.0 Å². The van der Waals surface area contributed by atoms with Crippen molar-refractivity contribution in [3.8, 4) is 11.6 Å². The van der Waals surface area contributed by atoms with Crippen molar-refractivity contribution in [2.75, 3.05) is 25.1 Å². The molecular formula is C24H23F3N2O3. The van der Waals surface area contributed by atoms with Crippen molar-refractivity contribution in [3.63, 3.8) is 0 Å². The quantitative estimate of drug-likeness (QED) is 0.431. The summed E-state index contributed by atoms with van der Waals surface area (Å²) in [5, 5.41) is 0. The van der Waals surface area contributed by atoms with E-state index in [0.717, 1.165) is 28.9 Å². The first kappa shape index (κ1) is 23.1. The van der Waals surface area contributed by atoms with Gasteiger partial charge in [0.15, 0.2) is 0 Å². The smallest absolute Gasteiger partial charge is 0.416 e. The number of carbonyl (C=O) groups excluding carboxylic acids is 1. The highest BCUT2D eigenvalue weighted by Crippen LogP contribution is 2.29. The molecule has 0 atom stereocenters. The van der Waals surface area contributed by atoms with E-state index in [4.69, 9.17) is 9.47 Å². The maximum Gasteiger partial charge on any atom is 0.416 e. The Hall–Kier alpha value is -3.55. The summed E-state index contributed by atoms with van der Waals surface area (Å²) in [6.45, 7) is 2.25. The molecule has 0 N–H and O–H groups in total. The minimum absolute atomic E-state index is 0.149. The van der Waals surface area contributed by atoms with Gasteiger partial charge in [-0.05, 0) is 60.9 Å². The van der Waals surface area contributed by atoms with Crippen LogP contribution in [0.3, 0.4) is 0 Å². The highest BCUT2D eigenvalue weighted by Gasteiger charge is 2.29. The lowest BCUT2D eigenvalue weighted by Gasteiger charge is -2.18. The number of esters is 1. The predicted molar refractivity (Wildman–Crippen MR) is 115 cm³/mol. The number of carbonyl (C=O) groups is 1. The number of hydrogen-bond acceptors (Lipinski definition) is 5. The second-order valence-electron chi connectivity index (χ2n) is 7.13. The Balaban J connectivity index is 1.57. The molecule has 5 nitrogen and oxygen atoms in total. The van der Waals surface area contributed by atoms with Gasteiger partial charge in [-0.15, -0.1) is 0 Å². The number of nitrogens with zero attached hydrogens (tertiary/aromatic N) is 2. The van der Waals surface area contributed by atoms with Gasteiger partial charge in [0.05, 0.1) is 12.2 Å². The van der Waals surface area contributed by atoms with Crippen LogP contribution >= 0.6 is 0 Å². The maximum atomic E-state index is 12.7. The van der Waals surface area contributed by atoms with Gasteiger partial charge in [-0.25, -0.2) is 4.98 Å². The molecule has 0 spiro atoms. The van der Waals surface area contributed by atoms with Crippen molar-refractivity contribution in [1.29, 1.82) is 0 Å². The van der Waals surface area contributed by atoms with Gasteiger partial charge in [-0.1, -0.05) is 18.2 Å². The number of benzene rings is 2. The van der Waals surface area contributed by atoms with Gasteiger partial charge in [0.1, 0.15) is 12.3 Å². The molecule has 0 fully saturated rings. The molecule has 0 aliphatic rings. The van der Waals surface area contributed by atoms with Crippen LogP contribution in [0.1, 0.15) is 23.6 Å². The van der Waals surface area contributed by atoms with Crippen molar-refractivity contribution < 1.29 is 27.4 Å². The zero-order valence-corrected chi connectivity index (χ0v) is 17.7. The first-order valence-corrected chi connectivity index (χ1v) is 10.0. The highest BCUT2D eigenvalue weighted by molar-refractivity contribution is 5.75. The maximum absolute atomic E-state index is 12.7. The first-order chi connectivity index (χ1) is 15.2. The predicted octanol–water partition coefficient (Wildman–Crippen LogP) is 5.48. The standard InChI is InChI=1S/C24H23F3N2O3/c1-3-31-23(30)16-29(2)20-9-11-21(12-10-20)32-22-13-6-18(15-28-22)14-17-4-7-19(8-5-17)24(25,26)27/h4-13,15H,3,14,16H2,1-2H3. The molecule has 0 saturated heterocycles. The molecule has 0 aliphatic heterocycles. The van der Waals surface area contributed by atoms with Crippen molar-refractivity contribution >= 4 is 11.7 Å². The van der Waals surface area contributed by atoms with E-state index in [0.29, 0.717) is 24.7 Å². The van der Waals surface area contributed by atoms with E-state index in [9.17, 15) is 18.0 Å². The first-order valence-electron chi connectivity index (χ1n) is 10.0. The molecule has 3 aromatic rings. The summed E-state index contributed by atoms with van der Waals surface area (Å²) in [7, 11) is 1.80. The van der Waals surface area contributed by atoms with Crippen molar-refractivity contribution in [3.05, 3.63) is 83.6 Å². The molecule has 0 bridgehead atoms. The molecule has 32 heavy (non-hydrogen) atoms. The summed E-state index contributed by atoms with van der Waals surface area (Å²) in [6, 6.07) is 15.8. The zero-order valence-electron chi connectivity index (χ0n) is 17.7. The third-order valence-electron chi connectivity index (χ3n) is 4.66. The third kappa shape index (κ3) is 6.47. The van der Waals surface area contributed by atoms with E-state index >= 15 is 0 Å². The molecule has 8 heteroatoms. The Bertz CT molecular complexity index is 1020. The summed E-state index contributed by atoms with van der Waals surface area (Å²) in [5.74, 6) is 0.686. The monoisotopic (exact) mass is 444 g/mol. The van der Waals surface area contributed by atoms with Crippen LogP contribution in [0.4, 0.5) is 18.9 Å². The zero-order chi connectivity index (χ0) is 23.1. The van der Waals surface area contributed by atoms with Crippen LogP contribution in [-0.4, -0.2) is 31.2 Å². The highest BCUT2D eigenvalue weighted by atomic mass is 19.4. The topological polar surface area (TPSA) is 51.7 Å². The van der Waals surface area contributed by atoms with Crippen LogP contribution in [0.5, 0.6) is 11.6 Å². The number of hydrogen-bond donors (Lipinski definition) is 0. The second kappa shape index (κ2) is 10.2. The van der Waals surface area contributed by atoms with E-state index in [2.05, 4.69) is 4.98 Å². The number of likely N-dealkylation sites (N-methyl/N-ethyl adjacent to an activating group) is 1. The Morgan fingerprint density at radius 3 is 2.19 bits per heavy atom. The van der Waals surface area contributed by atoms with E-state index in [1.165, 1.54) is 12.1 Å². The van der Waals surface area contributed by atoms with Crippen LogP contribution in [-0.2, 0) is 22.1 Å². The number of anilines is 1. The minimum Gasteiger partial charge on any atom is -0.465 e. The molecule has 1 aromatic heterocycles. The van der Waals surface area contributed by atoms with E-state index in [1.807, 2.05) is 18.2 Å². The Morgan fingerprint density at radius 1 is 0.969 bits per heavy atom. The van der Waals surface area contributed by atoms with Crippen molar-refractivity contribution in [2.45, 2.75) is 19.5 Å². The van der Waals surface area contributed by atoms with Gasteiger partial charge < -0.3 is 14.4 Å². The summed E-state index contributed by atoms with van der Waals surface area (Å²) in [6.07, 6.45) is -2.24. The van der Waals surface area contributed by atoms with Gasteiger partial charge in [0.2, 0.25) is 5.88 Å². The Labute approximate surface area is 184 Å². The van der Waals surface area contributed by atoms with Crippen LogP contribution in [0.15, 0.2) is 66.9 Å². The van der Waals surface area contributed by atoms with Crippen molar-refractivity contribution in [1.82, 2.24) is 4.98 Å². The number of alkyl halides is 3. The molecule has 0 amide bonds. The fourth-order valence-corrected chi connectivity index (χ4v) is 3.00. The fraction of sp³-hybridized carbons (Fsp3) is 0.250. The van der Waals surface area contributed by atoms with Crippen LogP contribution in [0.25, 0.3) is 0 Å². The summed E-state index contributed by atoms with van der Waals surface area (Å²) in [4.78, 5) is 17.6. The number of rotatable bonds is 8. The van der Waals surface area contributed by atoms with Crippen LogP contribution < -0.4 is 9.64 Å². The second-order valence-corrected chi connectivity index (χ2v) is 7.13. The number of pyridine rings is 1. The fourth-order valence-electron chi connectivity index (χ4n) is 3.00. The Kier molecular flexibility index (Phi) is 7.35. The third-order valence-corrected chi connectivity index (χ3v) is 4.66. The van der Waals surface area contributed by atoms with Gasteiger partial charge in [-0.3, -0.25) is 4.79 Å². The lowest BCUT2D eigenvalue weighted by Crippen LogP contribution is -2.26. The summed E-state index contributed by atoms with van der Waals surface area (Å²) < 4.78 is 48.7. The summed E-state index contributed by atoms with van der Waals surface area (Å²) >= 11 is 0. The molecule has 0 unspecified atom stereocenters. The Morgan fingerprint density at radius 2 is 1.62 bits per heavy atom. The van der Waals surface area contributed by atoms with Crippen LogP contribution in [0, 0.1) is 0 Å². The average molecular weight is 444 g/mol. The van der Waals surface area contributed by atoms with E-state index in [1.54, 1.807) is 43.3 Å². The van der Waals surface area contributed by atoms with Gasteiger partial charge in [-0.2, -0.15) is 13.2 Å². The molecule has 2 aromatic carbocycles. The minimum atomic E-state index is -4.34. The molecule has 0 saturated carbocycles. The van der Waals surface area contributed by atoms with E-state index in [-0.39, 0.29) is 12.5 Å². The number of ether oxygens (including phenoxy) is 2. The molecule has 0 aliphatic carbocycles. The number of aromatic nitrogens is 1. The van der Waals surface area contributed by atoms with Crippen LogP contribution in [0.2, 0.25) is 0 Å².